The predicted octanol–water partition coefficient (Wildman–Crippen LogP) is 2.10. The standard InChI is InChI=1S/C16H28N4O/c1-11(2)13-7-12(8-14(17)19-13)15(21)18-9-16(3,4)10-20(5)6/h7-8,11H,9-10H2,1-6H3,(H2,17,19)(H,18,21). The first-order valence-corrected chi connectivity index (χ1v) is 7.31. The number of hydrogen-bond acceptors (Lipinski definition) is 4. The molecule has 1 heterocycles. The fourth-order valence-corrected chi connectivity index (χ4v) is 2.33. The molecular weight excluding hydrogens is 264 g/mol. The Labute approximate surface area is 127 Å². The number of nitrogens with two attached hydrogens (primary N) is 1. The van der Waals surface area contributed by atoms with Crippen LogP contribution in [0.4, 0.5) is 5.82 Å². The third kappa shape index (κ3) is 5.71. The van der Waals surface area contributed by atoms with Crippen LogP contribution in [0.5, 0.6) is 0 Å². The van der Waals surface area contributed by atoms with Gasteiger partial charge in [-0.3, -0.25) is 4.79 Å². The first-order chi connectivity index (χ1) is 9.60. The number of anilines is 1. The van der Waals surface area contributed by atoms with Gasteiger partial charge in [-0.25, -0.2) is 4.98 Å². The molecule has 0 aliphatic heterocycles. The zero-order chi connectivity index (χ0) is 16.2. The fraction of sp³-hybridized carbons (Fsp3) is 0.625. The number of rotatable bonds is 6. The van der Waals surface area contributed by atoms with Crippen LogP contribution in [0, 0.1) is 5.41 Å². The smallest absolute Gasteiger partial charge is 0.251 e. The average Bonchev–Trinajstić information content (AvgIpc) is 2.33. The van der Waals surface area contributed by atoms with Gasteiger partial charge in [0.1, 0.15) is 5.82 Å². The van der Waals surface area contributed by atoms with Gasteiger partial charge in [0.25, 0.3) is 5.91 Å². The van der Waals surface area contributed by atoms with E-state index >= 15 is 0 Å². The lowest BCUT2D eigenvalue weighted by atomic mass is 9.93. The number of nitrogen functional groups attached to an aromatic ring is 1. The monoisotopic (exact) mass is 292 g/mol. The lowest BCUT2D eigenvalue weighted by Gasteiger charge is -2.28. The number of nitrogens with zero attached hydrogens (tertiary/aromatic N) is 2. The Morgan fingerprint density at radius 2 is 2.00 bits per heavy atom. The lowest BCUT2D eigenvalue weighted by molar-refractivity contribution is 0.0929. The molecule has 118 valence electrons. The molecule has 1 amide bonds. The van der Waals surface area contributed by atoms with Crippen LogP contribution in [0.3, 0.4) is 0 Å². The Hall–Kier alpha value is -1.62. The van der Waals surface area contributed by atoms with E-state index < -0.39 is 0 Å². The topological polar surface area (TPSA) is 71.2 Å². The van der Waals surface area contributed by atoms with Crippen LogP contribution in [-0.4, -0.2) is 43.0 Å². The molecule has 0 saturated carbocycles. The second-order valence-corrected chi connectivity index (χ2v) is 6.94. The summed E-state index contributed by atoms with van der Waals surface area (Å²) >= 11 is 0. The van der Waals surface area contributed by atoms with E-state index in [1.807, 2.05) is 34.0 Å². The summed E-state index contributed by atoms with van der Waals surface area (Å²) in [6.45, 7) is 9.85. The van der Waals surface area contributed by atoms with Crippen molar-refractivity contribution in [2.45, 2.75) is 33.6 Å². The molecule has 0 aliphatic carbocycles. The van der Waals surface area contributed by atoms with E-state index in [1.54, 1.807) is 6.07 Å². The van der Waals surface area contributed by atoms with E-state index in [2.05, 4.69) is 29.0 Å². The fourth-order valence-electron chi connectivity index (χ4n) is 2.33. The van der Waals surface area contributed by atoms with Gasteiger partial charge in [0.05, 0.1) is 0 Å². The molecule has 0 spiro atoms. The molecule has 0 saturated heterocycles. The molecule has 21 heavy (non-hydrogen) atoms. The molecule has 5 heteroatoms. The normalized spacial score (nSPS) is 12.0. The second kappa shape index (κ2) is 6.89. The predicted molar refractivity (Wildman–Crippen MR) is 87.4 cm³/mol. The van der Waals surface area contributed by atoms with Gasteiger partial charge in [0.2, 0.25) is 0 Å². The van der Waals surface area contributed by atoms with Gasteiger partial charge >= 0.3 is 0 Å². The van der Waals surface area contributed by atoms with Gasteiger partial charge < -0.3 is 16.0 Å². The lowest BCUT2D eigenvalue weighted by Crippen LogP contribution is -2.40. The van der Waals surface area contributed by atoms with Gasteiger partial charge in [0.15, 0.2) is 0 Å². The first kappa shape index (κ1) is 17.4. The Balaban J connectivity index is 2.76. The summed E-state index contributed by atoms with van der Waals surface area (Å²) in [5.74, 6) is 0.530. The number of nitrogens with one attached hydrogen (secondary N) is 1. The summed E-state index contributed by atoms with van der Waals surface area (Å²) in [5.41, 5.74) is 7.21. The van der Waals surface area contributed by atoms with Gasteiger partial charge in [-0.2, -0.15) is 0 Å². The Morgan fingerprint density at radius 3 is 2.52 bits per heavy atom. The highest BCUT2D eigenvalue weighted by molar-refractivity contribution is 5.94. The Bertz CT molecular complexity index is 495. The van der Waals surface area contributed by atoms with Gasteiger partial charge in [-0.1, -0.05) is 27.7 Å². The molecule has 0 fully saturated rings. The van der Waals surface area contributed by atoms with Crippen molar-refractivity contribution >= 4 is 11.7 Å². The third-order valence-corrected chi connectivity index (χ3v) is 3.19. The van der Waals surface area contributed by atoms with Crippen molar-refractivity contribution in [1.29, 1.82) is 0 Å². The van der Waals surface area contributed by atoms with Gasteiger partial charge in [-0.05, 0) is 37.6 Å². The quantitative estimate of drug-likeness (QED) is 0.842. The van der Waals surface area contributed by atoms with E-state index in [1.165, 1.54) is 0 Å². The highest BCUT2D eigenvalue weighted by Gasteiger charge is 2.20. The third-order valence-electron chi connectivity index (χ3n) is 3.19. The molecule has 0 bridgehead atoms. The van der Waals surface area contributed by atoms with Crippen LogP contribution >= 0.6 is 0 Å². The minimum absolute atomic E-state index is 0.0125. The van der Waals surface area contributed by atoms with Crippen LogP contribution in [0.15, 0.2) is 12.1 Å². The molecule has 0 aromatic carbocycles. The SMILES string of the molecule is CC(C)c1cc(C(=O)NCC(C)(C)CN(C)C)cc(N)n1. The summed E-state index contributed by atoms with van der Waals surface area (Å²) in [6.07, 6.45) is 0. The summed E-state index contributed by atoms with van der Waals surface area (Å²) in [4.78, 5) is 18.7. The summed E-state index contributed by atoms with van der Waals surface area (Å²) in [7, 11) is 4.06. The molecule has 1 aromatic heterocycles. The number of amides is 1. The molecule has 1 rings (SSSR count). The summed E-state index contributed by atoms with van der Waals surface area (Å²) < 4.78 is 0. The van der Waals surface area contributed by atoms with Crippen molar-refractivity contribution in [3.05, 3.63) is 23.4 Å². The van der Waals surface area contributed by atoms with Crippen LogP contribution in [-0.2, 0) is 0 Å². The maximum absolute atomic E-state index is 12.3. The zero-order valence-electron chi connectivity index (χ0n) is 14.0. The largest absolute Gasteiger partial charge is 0.384 e. The van der Waals surface area contributed by atoms with Gasteiger partial charge in [-0.15, -0.1) is 0 Å². The molecule has 0 unspecified atom stereocenters. The molecular formula is C16H28N4O. The first-order valence-electron chi connectivity index (χ1n) is 7.31. The number of carbonyl (C=O) groups excluding carboxylic acids is 1. The zero-order valence-corrected chi connectivity index (χ0v) is 14.0. The van der Waals surface area contributed by atoms with Crippen molar-refractivity contribution in [3.63, 3.8) is 0 Å². The maximum Gasteiger partial charge on any atom is 0.251 e. The molecule has 0 aliphatic rings. The number of pyridine rings is 1. The maximum atomic E-state index is 12.3. The van der Waals surface area contributed by atoms with Crippen molar-refractivity contribution in [2.75, 3.05) is 32.9 Å². The van der Waals surface area contributed by atoms with E-state index in [9.17, 15) is 4.79 Å². The van der Waals surface area contributed by atoms with Crippen LogP contribution in [0.2, 0.25) is 0 Å². The molecule has 0 radical (unpaired) electrons. The molecule has 0 atom stereocenters. The van der Waals surface area contributed by atoms with Crippen molar-refractivity contribution in [2.24, 2.45) is 5.41 Å². The summed E-state index contributed by atoms with van der Waals surface area (Å²) in [6, 6.07) is 3.44. The highest BCUT2D eigenvalue weighted by Crippen LogP contribution is 2.17. The van der Waals surface area contributed by atoms with E-state index in [0.717, 1.165) is 12.2 Å². The van der Waals surface area contributed by atoms with Gasteiger partial charge in [0, 0.05) is 24.3 Å². The second-order valence-electron chi connectivity index (χ2n) is 6.94. The summed E-state index contributed by atoms with van der Waals surface area (Å²) in [5, 5.41) is 2.99. The minimum atomic E-state index is -0.0992. The van der Waals surface area contributed by atoms with Crippen LogP contribution in [0.1, 0.15) is 49.7 Å². The Morgan fingerprint density at radius 1 is 1.38 bits per heavy atom. The van der Waals surface area contributed by atoms with Crippen LogP contribution < -0.4 is 11.1 Å². The van der Waals surface area contributed by atoms with Crippen molar-refractivity contribution in [1.82, 2.24) is 15.2 Å². The van der Waals surface area contributed by atoms with E-state index in [0.29, 0.717) is 17.9 Å². The highest BCUT2D eigenvalue weighted by atomic mass is 16.1. The van der Waals surface area contributed by atoms with Crippen LogP contribution in [0.25, 0.3) is 0 Å². The molecule has 1 aromatic rings. The number of hydrogen-bond donors (Lipinski definition) is 2. The molecule has 5 nitrogen and oxygen atoms in total. The number of carbonyl (C=O) groups is 1. The molecule has 3 N–H and O–H groups in total. The van der Waals surface area contributed by atoms with Crippen molar-refractivity contribution < 1.29 is 4.79 Å². The van der Waals surface area contributed by atoms with E-state index in [4.69, 9.17) is 5.73 Å². The Kier molecular flexibility index (Phi) is 5.72. The minimum Gasteiger partial charge on any atom is -0.384 e. The van der Waals surface area contributed by atoms with Crippen molar-refractivity contribution in [3.8, 4) is 0 Å². The van der Waals surface area contributed by atoms with E-state index in [-0.39, 0.29) is 17.2 Å². The average molecular weight is 292 g/mol. The number of aromatic nitrogens is 1.